The quantitative estimate of drug-likeness (QED) is 0.756. The molecule has 2 heterocycles. The first kappa shape index (κ1) is 15.3. The fourth-order valence-corrected chi connectivity index (χ4v) is 2.05. The van der Waals surface area contributed by atoms with E-state index in [1.54, 1.807) is 37.3 Å². The molecule has 0 aliphatic rings. The van der Waals surface area contributed by atoms with E-state index in [4.69, 9.17) is 9.63 Å². The van der Waals surface area contributed by atoms with Crippen LogP contribution >= 0.6 is 0 Å². The van der Waals surface area contributed by atoms with Gasteiger partial charge in [-0.1, -0.05) is 5.16 Å². The summed E-state index contributed by atoms with van der Waals surface area (Å²) in [5.41, 5.74) is 0.949. The number of aromatic nitrogens is 3. The van der Waals surface area contributed by atoms with Crippen molar-refractivity contribution < 1.29 is 19.2 Å². The maximum Gasteiger partial charge on any atom is 0.356 e. The number of carbonyl (C=O) groups excluding carboxylic acids is 1. The summed E-state index contributed by atoms with van der Waals surface area (Å²) in [6, 6.07) is 9.53. The number of hydrogen-bond acceptors (Lipinski definition) is 6. The zero-order valence-electron chi connectivity index (χ0n) is 12.6. The smallest absolute Gasteiger partial charge is 0.356 e. The van der Waals surface area contributed by atoms with Crippen LogP contribution in [0.3, 0.4) is 0 Å². The predicted octanol–water partition coefficient (Wildman–Crippen LogP) is 2.39. The lowest BCUT2D eigenvalue weighted by molar-refractivity contribution is 0.0691. The highest BCUT2D eigenvalue weighted by molar-refractivity contribution is 6.07. The minimum absolute atomic E-state index is 0.131. The maximum atomic E-state index is 12.3. The minimum Gasteiger partial charge on any atom is -0.476 e. The lowest BCUT2D eigenvalue weighted by Crippen LogP contribution is -2.15. The first-order valence-electron chi connectivity index (χ1n) is 6.95. The molecule has 0 saturated carbocycles. The van der Waals surface area contributed by atoms with E-state index < -0.39 is 11.9 Å². The average molecular weight is 324 g/mol. The Morgan fingerprint density at radius 1 is 1.17 bits per heavy atom. The van der Waals surface area contributed by atoms with Crippen LogP contribution in [0.4, 0.5) is 5.69 Å². The van der Waals surface area contributed by atoms with Gasteiger partial charge in [0.15, 0.2) is 11.5 Å². The van der Waals surface area contributed by atoms with Gasteiger partial charge in [-0.3, -0.25) is 4.79 Å². The minimum atomic E-state index is -1.21. The Bertz CT molecular complexity index is 902. The second-order valence-electron chi connectivity index (χ2n) is 4.88. The lowest BCUT2D eigenvalue weighted by Gasteiger charge is -2.07. The predicted molar refractivity (Wildman–Crippen MR) is 83.6 cm³/mol. The number of nitrogens with zero attached hydrogens (tertiary/aromatic N) is 3. The SMILES string of the molecule is Cc1noc(-c2ccc(C(=O)Nc3cccnc3C(=O)O)cc2)n1. The summed E-state index contributed by atoms with van der Waals surface area (Å²) in [7, 11) is 0. The van der Waals surface area contributed by atoms with Gasteiger partial charge in [-0.25, -0.2) is 9.78 Å². The Morgan fingerprint density at radius 2 is 1.92 bits per heavy atom. The van der Waals surface area contributed by atoms with E-state index in [0.717, 1.165) is 0 Å². The third kappa shape index (κ3) is 3.12. The number of carboxylic acid groups (broad SMARTS) is 1. The molecule has 3 rings (SSSR count). The van der Waals surface area contributed by atoms with Crippen LogP contribution in [0.25, 0.3) is 11.5 Å². The first-order valence-corrected chi connectivity index (χ1v) is 6.95. The molecule has 0 unspecified atom stereocenters. The number of amides is 1. The molecule has 0 saturated heterocycles. The molecule has 120 valence electrons. The van der Waals surface area contributed by atoms with Gasteiger partial charge in [-0.15, -0.1) is 0 Å². The molecule has 2 aromatic heterocycles. The third-order valence-electron chi connectivity index (χ3n) is 3.18. The lowest BCUT2D eigenvalue weighted by atomic mass is 10.1. The molecule has 1 aromatic carbocycles. The highest BCUT2D eigenvalue weighted by atomic mass is 16.5. The highest BCUT2D eigenvalue weighted by Gasteiger charge is 2.15. The number of aryl methyl sites for hydroxylation is 1. The Morgan fingerprint density at radius 3 is 2.54 bits per heavy atom. The van der Waals surface area contributed by atoms with Crippen LogP contribution in [0.2, 0.25) is 0 Å². The van der Waals surface area contributed by atoms with Crippen LogP contribution in [0.15, 0.2) is 47.1 Å². The van der Waals surface area contributed by atoms with E-state index in [0.29, 0.717) is 22.8 Å². The number of carboxylic acids is 1. The zero-order chi connectivity index (χ0) is 17.1. The van der Waals surface area contributed by atoms with Gasteiger partial charge in [0.1, 0.15) is 0 Å². The molecule has 8 nitrogen and oxygen atoms in total. The number of benzene rings is 1. The molecule has 0 bridgehead atoms. The molecule has 2 N–H and O–H groups in total. The van der Waals surface area contributed by atoms with Crippen LogP contribution in [0, 0.1) is 6.92 Å². The van der Waals surface area contributed by atoms with Crippen molar-refractivity contribution in [2.45, 2.75) is 6.92 Å². The summed E-state index contributed by atoms with van der Waals surface area (Å²) in [6.07, 6.45) is 1.35. The van der Waals surface area contributed by atoms with E-state index >= 15 is 0 Å². The Labute approximate surface area is 136 Å². The van der Waals surface area contributed by atoms with Gasteiger partial charge >= 0.3 is 5.97 Å². The largest absolute Gasteiger partial charge is 0.476 e. The zero-order valence-corrected chi connectivity index (χ0v) is 12.6. The van der Waals surface area contributed by atoms with Gasteiger partial charge in [0.05, 0.1) is 5.69 Å². The van der Waals surface area contributed by atoms with Gasteiger partial charge in [0, 0.05) is 17.3 Å². The van der Waals surface area contributed by atoms with Crippen molar-refractivity contribution in [3.8, 4) is 11.5 Å². The Balaban J connectivity index is 1.80. The second kappa shape index (κ2) is 6.29. The Kier molecular flexibility index (Phi) is 4.02. The summed E-state index contributed by atoms with van der Waals surface area (Å²) in [6.45, 7) is 1.71. The fourth-order valence-electron chi connectivity index (χ4n) is 2.05. The van der Waals surface area contributed by atoms with Crippen LogP contribution in [0.1, 0.15) is 26.7 Å². The van der Waals surface area contributed by atoms with Gasteiger partial charge in [-0.05, 0) is 43.3 Å². The number of hydrogen-bond donors (Lipinski definition) is 2. The van der Waals surface area contributed by atoms with Gasteiger partial charge in [0.2, 0.25) is 0 Å². The van der Waals surface area contributed by atoms with E-state index in [2.05, 4.69) is 20.4 Å². The van der Waals surface area contributed by atoms with Crippen LogP contribution in [-0.2, 0) is 0 Å². The maximum absolute atomic E-state index is 12.3. The molecule has 0 aliphatic heterocycles. The average Bonchev–Trinajstić information content (AvgIpc) is 3.02. The molecular formula is C16H12N4O4. The summed E-state index contributed by atoms with van der Waals surface area (Å²) in [5, 5.41) is 15.3. The number of carbonyl (C=O) groups is 2. The van der Waals surface area contributed by atoms with Crippen molar-refractivity contribution in [3.63, 3.8) is 0 Å². The van der Waals surface area contributed by atoms with E-state index in [9.17, 15) is 9.59 Å². The van der Waals surface area contributed by atoms with Gasteiger partial charge < -0.3 is 14.9 Å². The van der Waals surface area contributed by atoms with Gasteiger partial charge in [0.25, 0.3) is 11.8 Å². The van der Waals surface area contributed by atoms with Crippen molar-refractivity contribution >= 4 is 17.6 Å². The molecule has 0 fully saturated rings. The number of anilines is 1. The van der Waals surface area contributed by atoms with Crippen molar-refractivity contribution in [1.29, 1.82) is 0 Å². The molecule has 1 amide bonds. The molecule has 0 aliphatic carbocycles. The summed E-state index contributed by atoms with van der Waals surface area (Å²) in [5.74, 6) is -0.781. The van der Waals surface area contributed by atoms with Crippen molar-refractivity contribution in [2.24, 2.45) is 0 Å². The molecule has 0 radical (unpaired) electrons. The molecule has 0 atom stereocenters. The number of aromatic carboxylic acids is 1. The number of pyridine rings is 1. The Hall–Kier alpha value is -3.55. The van der Waals surface area contributed by atoms with Gasteiger partial charge in [-0.2, -0.15) is 4.98 Å². The fraction of sp³-hybridized carbons (Fsp3) is 0.0625. The topological polar surface area (TPSA) is 118 Å². The molecule has 24 heavy (non-hydrogen) atoms. The third-order valence-corrected chi connectivity index (χ3v) is 3.18. The molecule has 0 spiro atoms. The molecular weight excluding hydrogens is 312 g/mol. The monoisotopic (exact) mass is 324 g/mol. The normalized spacial score (nSPS) is 10.4. The molecule has 8 heteroatoms. The summed E-state index contributed by atoms with van der Waals surface area (Å²) >= 11 is 0. The highest BCUT2D eigenvalue weighted by Crippen LogP contribution is 2.19. The van der Waals surface area contributed by atoms with E-state index in [1.165, 1.54) is 12.3 Å². The summed E-state index contributed by atoms with van der Waals surface area (Å²) < 4.78 is 5.05. The second-order valence-corrected chi connectivity index (χ2v) is 4.88. The van der Waals surface area contributed by atoms with Crippen LogP contribution in [0.5, 0.6) is 0 Å². The standard InChI is InChI=1S/C16H12N4O4/c1-9-18-15(24-20-9)11-6-4-10(5-7-11)14(21)19-12-3-2-8-17-13(12)16(22)23/h2-8H,1H3,(H,19,21)(H,22,23). The van der Waals surface area contributed by atoms with E-state index in [1.807, 2.05) is 0 Å². The van der Waals surface area contributed by atoms with Crippen molar-refractivity contribution in [2.75, 3.05) is 5.32 Å². The number of rotatable bonds is 4. The van der Waals surface area contributed by atoms with Crippen LogP contribution in [-0.4, -0.2) is 32.1 Å². The van der Waals surface area contributed by atoms with Crippen molar-refractivity contribution in [3.05, 3.63) is 59.7 Å². The number of nitrogens with one attached hydrogen (secondary N) is 1. The summed E-state index contributed by atoms with van der Waals surface area (Å²) in [4.78, 5) is 31.2. The van der Waals surface area contributed by atoms with E-state index in [-0.39, 0.29) is 11.4 Å². The molecule has 3 aromatic rings. The van der Waals surface area contributed by atoms with Crippen LogP contribution < -0.4 is 5.32 Å². The van der Waals surface area contributed by atoms with Crippen molar-refractivity contribution in [1.82, 2.24) is 15.1 Å². The first-order chi connectivity index (χ1) is 11.5.